The molecule has 0 unspecified atom stereocenters. The number of thiocarbonyl (C=S) groups is 1. The number of alkyl halides is 2. The van der Waals surface area contributed by atoms with Crippen LogP contribution in [0.1, 0.15) is 31.1 Å². The van der Waals surface area contributed by atoms with E-state index in [9.17, 15) is 8.78 Å². The van der Waals surface area contributed by atoms with Crippen molar-refractivity contribution in [2.45, 2.75) is 36.0 Å². The third kappa shape index (κ3) is 6.19. The number of anilines is 1. The first-order valence-corrected chi connectivity index (χ1v) is 10.4. The second kappa shape index (κ2) is 10.1. The number of piperidine rings is 1. The largest absolute Gasteiger partial charge is 0.463 e. The average molecular weight is 413 g/mol. The van der Waals surface area contributed by atoms with E-state index < -0.39 is 5.76 Å². The minimum absolute atomic E-state index is 0.213. The van der Waals surface area contributed by atoms with Crippen LogP contribution in [-0.2, 0) is 0 Å². The van der Waals surface area contributed by atoms with Crippen molar-refractivity contribution in [2.24, 2.45) is 0 Å². The molecule has 0 amide bonds. The smallest absolute Gasteiger partial charge is 0.288 e. The lowest BCUT2D eigenvalue weighted by atomic mass is 10.1. The highest BCUT2D eigenvalue weighted by atomic mass is 32.2. The molecule has 4 nitrogen and oxygen atoms in total. The van der Waals surface area contributed by atoms with Gasteiger partial charge >= 0.3 is 0 Å². The predicted octanol–water partition coefficient (Wildman–Crippen LogP) is 3.69. The van der Waals surface area contributed by atoms with Crippen molar-refractivity contribution in [1.29, 1.82) is 0 Å². The summed E-state index contributed by atoms with van der Waals surface area (Å²) in [6.07, 6.45) is 5.47. The molecule has 0 bridgehead atoms. The maximum Gasteiger partial charge on any atom is 0.288 e. The molecule has 1 aliphatic heterocycles. The lowest BCUT2D eigenvalue weighted by Crippen LogP contribution is -3.13. The van der Waals surface area contributed by atoms with E-state index in [2.05, 4.69) is 10.6 Å². The average Bonchev–Trinajstić information content (AvgIpc) is 3.18. The molecule has 1 aliphatic rings. The van der Waals surface area contributed by atoms with Crippen molar-refractivity contribution in [1.82, 2.24) is 5.32 Å². The van der Waals surface area contributed by atoms with Gasteiger partial charge in [0, 0.05) is 10.6 Å². The molecule has 8 heteroatoms. The van der Waals surface area contributed by atoms with Gasteiger partial charge in [-0.2, -0.15) is 8.78 Å². The molecular formula is C19H24F2N3OS2+. The number of rotatable bonds is 7. The number of nitrogens with one attached hydrogen (secondary N) is 3. The van der Waals surface area contributed by atoms with Crippen LogP contribution in [0.4, 0.5) is 14.5 Å². The van der Waals surface area contributed by atoms with Gasteiger partial charge in [0.05, 0.1) is 25.9 Å². The molecule has 2 aromatic rings. The van der Waals surface area contributed by atoms with E-state index in [1.54, 1.807) is 30.5 Å². The van der Waals surface area contributed by atoms with Gasteiger partial charge in [0.15, 0.2) is 16.9 Å². The number of hydrogen-bond acceptors (Lipinski definition) is 3. The molecule has 1 aromatic heterocycles. The molecule has 2 heterocycles. The van der Waals surface area contributed by atoms with Crippen molar-refractivity contribution in [3.05, 3.63) is 48.4 Å². The van der Waals surface area contributed by atoms with Crippen LogP contribution in [0.3, 0.4) is 0 Å². The number of quaternary nitrogens is 1. The van der Waals surface area contributed by atoms with E-state index in [1.165, 1.54) is 24.2 Å². The van der Waals surface area contributed by atoms with Crippen LogP contribution in [0.25, 0.3) is 0 Å². The molecule has 1 aromatic carbocycles. The highest BCUT2D eigenvalue weighted by Gasteiger charge is 2.28. The Balaban J connectivity index is 1.54. The van der Waals surface area contributed by atoms with Gasteiger partial charge in [-0.3, -0.25) is 0 Å². The van der Waals surface area contributed by atoms with E-state index >= 15 is 0 Å². The Morgan fingerprint density at radius 1 is 1.15 bits per heavy atom. The summed E-state index contributed by atoms with van der Waals surface area (Å²) in [5.74, 6) is -1.45. The molecule has 1 atom stereocenters. The summed E-state index contributed by atoms with van der Waals surface area (Å²) in [5.41, 5.74) is 0.769. The van der Waals surface area contributed by atoms with Crippen LogP contribution in [-0.4, -0.2) is 30.5 Å². The molecule has 3 rings (SSSR count). The lowest BCUT2D eigenvalue weighted by molar-refractivity contribution is -0.936. The van der Waals surface area contributed by atoms with Crippen molar-refractivity contribution >= 4 is 34.8 Å². The standard InChI is InChI=1S/C19H23F2N3OS2/c20-18(21)27-15-8-6-14(7-9-15)23-19(26)22-13-16(17-5-4-12-25-17)24-10-2-1-3-11-24/h4-9,12,16,18H,1-3,10-11,13H2,(H2,22,23,26)/p+1/t16-/m1/s1. The zero-order chi connectivity index (χ0) is 19.1. The number of thioether (sulfide) groups is 1. The molecule has 1 fully saturated rings. The molecule has 146 valence electrons. The normalized spacial score (nSPS) is 16.3. The molecule has 3 N–H and O–H groups in total. The van der Waals surface area contributed by atoms with Crippen LogP contribution in [0.5, 0.6) is 0 Å². The Bertz CT molecular complexity index is 704. The van der Waals surface area contributed by atoms with Gasteiger partial charge in [-0.15, -0.1) is 0 Å². The fraction of sp³-hybridized carbons (Fsp3) is 0.421. The zero-order valence-corrected chi connectivity index (χ0v) is 16.6. The van der Waals surface area contributed by atoms with Crippen molar-refractivity contribution in [3.63, 3.8) is 0 Å². The third-order valence-corrected chi connectivity index (χ3v) is 5.65. The van der Waals surface area contributed by atoms with Gasteiger partial charge in [0.1, 0.15) is 0 Å². The maximum atomic E-state index is 12.4. The topological polar surface area (TPSA) is 41.6 Å². The van der Waals surface area contributed by atoms with Crippen molar-refractivity contribution in [3.8, 4) is 0 Å². The quantitative estimate of drug-likeness (QED) is 0.478. The first-order valence-electron chi connectivity index (χ1n) is 9.09. The molecule has 0 radical (unpaired) electrons. The summed E-state index contributed by atoms with van der Waals surface area (Å²) >= 11 is 5.93. The Morgan fingerprint density at radius 2 is 1.89 bits per heavy atom. The Morgan fingerprint density at radius 3 is 2.52 bits per heavy atom. The van der Waals surface area contributed by atoms with Crippen molar-refractivity contribution in [2.75, 3.05) is 25.0 Å². The van der Waals surface area contributed by atoms with Gasteiger partial charge in [0.2, 0.25) is 0 Å². The molecule has 1 saturated heterocycles. The maximum absolute atomic E-state index is 12.4. The summed E-state index contributed by atoms with van der Waals surface area (Å²) in [7, 11) is 0. The third-order valence-electron chi connectivity index (χ3n) is 4.68. The molecule has 27 heavy (non-hydrogen) atoms. The first kappa shape index (κ1) is 20.1. The Hall–Kier alpha value is -1.64. The molecule has 0 spiro atoms. The fourth-order valence-electron chi connectivity index (χ4n) is 3.38. The van der Waals surface area contributed by atoms with Crippen molar-refractivity contribution < 1.29 is 18.1 Å². The molecule has 0 aliphatic carbocycles. The highest BCUT2D eigenvalue weighted by Crippen LogP contribution is 2.26. The number of furan rings is 1. The lowest BCUT2D eigenvalue weighted by Gasteiger charge is -2.30. The van der Waals surface area contributed by atoms with Gasteiger partial charge in [-0.1, -0.05) is 11.8 Å². The van der Waals surface area contributed by atoms with Gasteiger partial charge < -0.3 is 20.0 Å². The predicted molar refractivity (Wildman–Crippen MR) is 109 cm³/mol. The second-order valence-electron chi connectivity index (χ2n) is 6.52. The Kier molecular flexibility index (Phi) is 7.49. The van der Waals surface area contributed by atoms with E-state index in [4.69, 9.17) is 16.6 Å². The van der Waals surface area contributed by atoms with Gasteiger partial charge in [-0.05, 0) is 67.9 Å². The van der Waals surface area contributed by atoms with Crippen LogP contribution < -0.4 is 15.5 Å². The van der Waals surface area contributed by atoms with Crippen LogP contribution in [0.15, 0.2) is 52.0 Å². The summed E-state index contributed by atoms with van der Waals surface area (Å²) in [4.78, 5) is 2.04. The summed E-state index contributed by atoms with van der Waals surface area (Å²) < 4.78 is 30.4. The SMILES string of the molecule is FC(F)Sc1ccc(NC(=S)NC[C@H](c2ccco2)[NH+]2CCCCC2)cc1. The number of halogens is 2. The summed E-state index contributed by atoms with van der Waals surface area (Å²) in [5, 5.41) is 6.90. The number of hydrogen-bond donors (Lipinski definition) is 3. The van der Waals surface area contributed by atoms with E-state index in [1.807, 2.05) is 12.1 Å². The minimum Gasteiger partial charge on any atom is -0.463 e. The minimum atomic E-state index is -2.41. The van der Waals surface area contributed by atoms with E-state index in [0.29, 0.717) is 28.3 Å². The van der Waals surface area contributed by atoms with Gasteiger partial charge in [-0.25, -0.2) is 0 Å². The van der Waals surface area contributed by atoms with E-state index in [0.717, 1.165) is 24.5 Å². The number of likely N-dealkylation sites (tertiary alicyclic amines) is 1. The van der Waals surface area contributed by atoms with Gasteiger partial charge in [0.25, 0.3) is 5.76 Å². The zero-order valence-electron chi connectivity index (χ0n) is 14.9. The Labute approximate surface area is 167 Å². The van der Waals surface area contributed by atoms with Crippen LogP contribution in [0, 0.1) is 0 Å². The monoisotopic (exact) mass is 412 g/mol. The second-order valence-corrected chi connectivity index (χ2v) is 8.00. The first-order chi connectivity index (χ1) is 13.1. The highest BCUT2D eigenvalue weighted by molar-refractivity contribution is 7.99. The molecular weight excluding hydrogens is 388 g/mol. The number of benzene rings is 1. The summed E-state index contributed by atoms with van der Waals surface area (Å²) in [6.45, 7) is 2.95. The fourth-order valence-corrected chi connectivity index (χ4v) is 4.08. The molecule has 0 saturated carbocycles. The van der Waals surface area contributed by atoms with Crippen LogP contribution >= 0.6 is 24.0 Å². The van der Waals surface area contributed by atoms with Crippen LogP contribution in [0.2, 0.25) is 0 Å². The van der Waals surface area contributed by atoms with E-state index in [-0.39, 0.29) is 6.04 Å². The summed E-state index contributed by atoms with van der Waals surface area (Å²) in [6, 6.07) is 11.0.